The normalized spacial score (nSPS) is 12.3. The van der Waals surface area contributed by atoms with Gasteiger partial charge in [0.2, 0.25) is 15.9 Å². The first-order chi connectivity index (χ1) is 16.7. The Morgan fingerprint density at radius 1 is 0.971 bits per heavy atom. The second-order valence-corrected chi connectivity index (χ2v) is 10.8. The lowest BCUT2D eigenvalue weighted by molar-refractivity contribution is -0.121. The summed E-state index contributed by atoms with van der Waals surface area (Å²) in [5.41, 5.74) is 1.88. The molecule has 0 fully saturated rings. The third-order valence-corrected chi connectivity index (χ3v) is 7.87. The van der Waals surface area contributed by atoms with Crippen molar-refractivity contribution in [3.05, 3.63) is 88.4 Å². The number of hydrogen-bond acceptors (Lipinski definition) is 5. The minimum atomic E-state index is -4.00. The van der Waals surface area contributed by atoms with E-state index in [0.29, 0.717) is 17.9 Å². The zero-order valence-corrected chi connectivity index (χ0v) is 22.3. The van der Waals surface area contributed by atoms with Crippen LogP contribution in [0, 0.1) is 0 Å². The Balaban J connectivity index is 1.84. The van der Waals surface area contributed by atoms with E-state index in [1.807, 2.05) is 61.5 Å². The number of halogens is 1. The van der Waals surface area contributed by atoms with Gasteiger partial charge in [-0.05, 0) is 48.7 Å². The van der Waals surface area contributed by atoms with Crippen LogP contribution in [0.1, 0.15) is 24.1 Å². The Bertz CT molecular complexity index is 1250. The smallest absolute Gasteiger partial charge is 0.243 e. The highest BCUT2D eigenvalue weighted by Gasteiger charge is 2.28. The number of carbonyl (C=O) groups excluding carboxylic acids is 1. The van der Waals surface area contributed by atoms with Crippen molar-refractivity contribution >= 4 is 31.9 Å². The molecule has 0 aliphatic heterocycles. The average Bonchev–Trinajstić information content (AvgIpc) is 2.86. The highest BCUT2D eigenvalue weighted by atomic mass is 79.9. The van der Waals surface area contributed by atoms with Gasteiger partial charge in [0.15, 0.2) is 11.5 Å². The first-order valence-electron chi connectivity index (χ1n) is 11.1. The van der Waals surface area contributed by atoms with Crippen LogP contribution in [-0.2, 0) is 21.2 Å². The molecule has 35 heavy (non-hydrogen) atoms. The minimum Gasteiger partial charge on any atom is -0.493 e. The summed E-state index contributed by atoms with van der Waals surface area (Å²) in [6.45, 7) is 1.68. The number of sulfonamides is 1. The van der Waals surface area contributed by atoms with Gasteiger partial charge < -0.3 is 14.8 Å². The third kappa shape index (κ3) is 7.06. The lowest BCUT2D eigenvalue weighted by atomic mass is 10.1. The summed E-state index contributed by atoms with van der Waals surface area (Å²) in [6.07, 6.45) is 0.460. The van der Waals surface area contributed by atoms with Crippen LogP contribution >= 0.6 is 15.9 Å². The van der Waals surface area contributed by atoms with E-state index in [1.165, 1.54) is 36.7 Å². The molecule has 0 unspecified atom stereocenters. The first kappa shape index (κ1) is 26.7. The van der Waals surface area contributed by atoms with Gasteiger partial charge in [-0.3, -0.25) is 4.79 Å². The Hall–Kier alpha value is -2.88. The topological polar surface area (TPSA) is 84.9 Å². The van der Waals surface area contributed by atoms with E-state index in [4.69, 9.17) is 9.47 Å². The van der Waals surface area contributed by atoms with Crippen molar-refractivity contribution in [1.29, 1.82) is 0 Å². The molecule has 0 saturated carbocycles. The molecule has 0 saturated heterocycles. The molecule has 0 aromatic heterocycles. The molecule has 9 heteroatoms. The quantitative estimate of drug-likeness (QED) is 0.371. The molecule has 0 radical (unpaired) electrons. The van der Waals surface area contributed by atoms with Crippen molar-refractivity contribution in [1.82, 2.24) is 9.62 Å². The van der Waals surface area contributed by atoms with Crippen LogP contribution in [0.2, 0.25) is 0 Å². The average molecular weight is 561 g/mol. The highest BCUT2D eigenvalue weighted by Crippen LogP contribution is 2.30. The molecular weight excluding hydrogens is 532 g/mol. The molecular formula is C26H29BrN2O5S. The van der Waals surface area contributed by atoms with E-state index in [9.17, 15) is 13.2 Å². The van der Waals surface area contributed by atoms with Crippen LogP contribution in [0.25, 0.3) is 0 Å². The van der Waals surface area contributed by atoms with Crippen molar-refractivity contribution < 1.29 is 22.7 Å². The summed E-state index contributed by atoms with van der Waals surface area (Å²) < 4.78 is 39.8. The Labute approximate surface area is 215 Å². The molecule has 3 aromatic rings. The van der Waals surface area contributed by atoms with Crippen molar-refractivity contribution in [2.75, 3.05) is 27.3 Å². The fraction of sp³-hybridized carbons (Fsp3) is 0.269. The van der Waals surface area contributed by atoms with Gasteiger partial charge >= 0.3 is 0 Å². The predicted octanol–water partition coefficient (Wildman–Crippen LogP) is 4.58. The van der Waals surface area contributed by atoms with Gasteiger partial charge in [0.05, 0.1) is 31.7 Å². The number of benzene rings is 3. The van der Waals surface area contributed by atoms with Crippen molar-refractivity contribution in [3.63, 3.8) is 0 Å². The standard InChI is InChI=1S/C26H29BrN2O5S/c1-19(21-10-7-11-22(27)16-21)28-26(30)18-29(15-14-20-8-5-4-6-9-20)35(31,32)23-12-13-24(33-2)25(17-23)34-3/h4-13,16-17,19H,14-15,18H2,1-3H3,(H,28,30)/t19-/m1/s1. The lowest BCUT2D eigenvalue weighted by Gasteiger charge is -2.24. The van der Waals surface area contributed by atoms with Gasteiger partial charge in [0.1, 0.15) is 0 Å². The van der Waals surface area contributed by atoms with Crippen LogP contribution in [0.5, 0.6) is 11.5 Å². The van der Waals surface area contributed by atoms with Crippen LogP contribution in [0.15, 0.2) is 82.2 Å². The van der Waals surface area contributed by atoms with E-state index >= 15 is 0 Å². The molecule has 0 spiro atoms. The molecule has 1 N–H and O–H groups in total. The number of nitrogens with one attached hydrogen (secondary N) is 1. The molecule has 1 atom stereocenters. The molecule has 0 bridgehead atoms. The third-order valence-electron chi connectivity index (χ3n) is 5.53. The maximum atomic E-state index is 13.6. The summed E-state index contributed by atoms with van der Waals surface area (Å²) in [7, 11) is -1.08. The minimum absolute atomic E-state index is 0.0241. The van der Waals surface area contributed by atoms with E-state index in [0.717, 1.165) is 15.6 Å². The highest BCUT2D eigenvalue weighted by molar-refractivity contribution is 9.10. The maximum Gasteiger partial charge on any atom is 0.243 e. The predicted molar refractivity (Wildman–Crippen MR) is 139 cm³/mol. The zero-order valence-electron chi connectivity index (χ0n) is 19.9. The van der Waals surface area contributed by atoms with E-state index in [2.05, 4.69) is 21.2 Å². The van der Waals surface area contributed by atoms with Gasteiger partial charge in [-0.1, -0.05) is 58.4 Å². The van der Waals surface area contributed by atoms with E-state index < -0.39 is 15.9 Å². The summed E-state index contributed by atoms with van der Waals surface area (Å²) in [6, 6.07) is 21.3. The van der Waals surface area contributed by atoms with E-state index in [1.54, 1.807) is 0 Å². The Morgan fingerprint density at radius 3 is 2.34 bits per heavy atom. The monoisotopic (exact) mass is 560 g/mol. The summed E-state index contributed by atoms with van der Waals surface area (Å²) >= 11 is 3.43. The van der Waals surface area contributed by atoms with Crippen molar-refractivity contribution in [2.45, 2.75) is 24.3 Å². The first-order valence-corrected chi connectivity index (χ1v) is 13.3. The molecule has 3 aromatic carbocycles. The van der Waals surface area contributed by atoms with Crippen LogP contribution in [0.3, 0.4) is 0 Å². The maximum absolute atomic E-state index is 13.6. The van der Waals surface area contributed by atoms with Gasteiger partial charge in [-0.2, -0.15) is 4.31 Å². The number of amides is 1. The SMILES string of the molecule is COc1ccc(S(=O)(=O)N(CCc2ccccc2)CC(=O)N[C@H](C)c2cccc(Br)c2)cc1OC. The van der Waals surface area contributed by atoms with Gasteiger partial charge in [0.25, 0.3) is 0 Å². The second-order valence-electron chi connectivity index (χ2n) is 7.94. The van der Waals surface area contributed by atoms with Crippen LogP contribution in [-0.4, -0.2) is 45.9 Å². The summed E-state index contributed by atoms with van der Waals surface area (Å²) in [5.74, 6) is 0.321. The molecule has 0 aliphatic carbocycles. The number of methoxy groups -OCH3 is 2. The number of ether oxygens (including phenoxy) is 2. The zero-order chi connectivity index (χ0) is 25.4. The van der Waals surface area contributed by atoms with Gasteiger partial charge in [0, 0.05) is 17.1 Å². The lowest BCUT2D eigenvalue weighted by Crippen LogP contribution is -2.42. The number of nitrogens with zero attached hydrogens (tertiary/aromatic N) is 1. The molecule has 7 nitrogen and oxygen atoms in total. The largest absolute Gasteiger partial charge is 0.493 e. The molecule has 3 rings (SSSR count). The molecule has 1 amide bonds. The fourth-order valence-electron chi connectivity index (χ4n) is 3.62. The molecule has 186 valence electrons. The van der Waals surface area contributed by atoms with Crippen molar-refractivity contribution in [2.24, 2.45) is 0 Å². The number of rotatable bonds is 11. The Kier molecular flexibility index (Phi) is 9.31. The summed E-state index contributed by atoms with van der Waals surface area (Å²) in [4.78, 5) is 13.0. The van der Waals surface area contributed by atoms with E-state index in [-0.39, 0.29) is 24.0 Å². The van der Waals surface area contributed by atoms with Gasteiger partial charge in [-0.25, -0.2) is 8.42 Å². The van der Waals surface area contributed by atoms with Crippen LogP contribution < -0.4 is 14.8 Å². The van der Waals surface area contributed by atoms with Crippen molar-refractivity contribution in [3.8, 4) is 11.5 Å². The molecule has 0 heterocycles. The van der Waals surface area contributed by atoms with Gasteiger partial charge in [-0.15, -0.1) is 0 Å². The Morgan fingerprint density at radius 2 is 1.69 bits per heavy atom. The number of hydrogen-bond donors (Lipinski definition) is 1. The molecule has 0 aliphatic rings. The van der Waals surface area contributed by atoms with Crippen LogP contribution in [0.4, 0.5) is 0 Å². The summed E-state index contributed by atoms with van der Waals surface area (Å²) in [5, 5.41) is 2.91. The fourth-order valence-corrected chi connectivity index (χ4v) is 5.45. The second kappa shape index (κ2) is 12.2. The number of carbonyl (C=O) groups is 1.